The summed E-state index contributed by atoms with van der Waals surface area (Å²) in [4.78, 5) is 15.1. The lowest BCUT2D eigenvalue weighted by molar-refractivity contribution is -0.121. The Labute approximate surface area is 143 Å². The van der Waals surface area contributed by atoms with Crippen LogP contribution in [0.15, 0.2) is 18.2 Å². The number of carbonyl (C=O) groups excluding carboxylic acids is 1. The van der Waals surface area contributed by atoms with Gasteiger partial charge in [0, 0.05) is 12.0 Å². The predicted molar refractivity (Wildman–Crippen MR) is 95.6 cm³/mol. The summed E-state index contributed by atoms with van der Waals surface area (Å²) in [6.45, 7) is 3.87. The second-order valence-electron chi connectivity index (χ2n) is 6.95. The molecule has 1 saturated heterocycles. The molecular weight excluding hydrogens is 326 g/mol. The van der Waals surface area contributed by atoms with Crippen LogP contribution in [0.25, 0.3) is 0 Å². The molecule has 132 valence electrons. The van der Waals surface area contributed by atoms with Crippen LogP contribution in [0.5, 0.6) is 0 Å². The summed E-state index contributed by atoms with van der Waals surface area (Å²) in [6, 6.07) is 6.04. The van der Waals surface area contributed by atoms with Crippen molar-refractivity contribution in [2.24, 2.45) is 5.92 Å². The molecule has 2 N–H and O–H groups in total. The van der Waals surface area contributed by atoms with Crippen molar-refractivity contribution in [3.05, 3.63) is 23.8 Å². The molecule has 1 amide bonds. The topological polar surface area (TPSA) is 78.5 Å². The van der Waals surface area contributed by atoms with Crippen LogP contribution in [-0.4, -0.2) is 44.6 Å². The average molecular weight is 351 g/mol. The third-order valence-corrected chi connectivity index (χ3v) is 5.28. The Morgan fingerprint density at radius 2 is 1.79 bits per heavy atom. The normalized spacial score (nSPS) is 19.9. The van der Waals surface area contributed by atoms with Gasteiger partial charge in [0.1, 0.15) is 0 Å². The number of hydrogen-bond donors (Lipinski definition) is 2. The zero-order chi connectivity index (χ0) is 17.3. The number of rotatable bonds is 5. The number of likely N-dealkylation sites (tertiary alicyclic amines) is 1. The lowest BCUT2D eigenvalue weighted by Gasteiger charge is -2.31. The summed E-state index contributed by atoms with van der Waals surface area (Å²) in [5.74, 6) is -0.0285. The highest BCUT2D eigenvalue weighted by Crippen LogP contribution is 2.32. The van der Waals surface area contributed by atoms with E-state index in [-0.39, 0.29) is 11.8 Å². The van der Waals surface area contributed by atoms with Gasteiger partial charge >= 0.3 is 0 Å². The molecule has 0 bridgehead atoms. The highest BCUT2D eigenvalue weighted by atomic mass is 32.2. The van der Waals surface area contributed by atoms with Crippen LogP contribution in [0.2, 0.25) is 0 Å². The smallest absolute Gasteiger partial charge is 0.229 e. The zero-order valence-electron chi connectivity index (χ0n) is 14.2. The fraction of sp³-hybridized carbons (Fsp3) is 0.588. The fourth-order valence-electron chi connectivity index (χ4n) is 3.25. The molecule has 1 heterocycles. The molecule has 2 aliphatic rings. The van der Waals surface area contributed by atoms with E-state index in [0.717, 1.165) is 43.8 Å². The molecule has 0 aromatic heterocycles. The fourth-order valence-corrected chi connectivity index (χ4v) is 3.83. The van der Waals surface area contributed by atoms with Gasteiger partial charge in [0.25, 0.3) is 0 Å². The highest BCUT2D eigenvalue weighted by molar-refractivity contribution is 7.92. The van der Waals surface area contributed by atoms with E-state index in [1.807, 2.05) is 13.0 Å². The number of amides is 1. The molecule has 1 aliphatic heterocycles. The molecule has 0 spiro atoms. The lowest BCUT2D eigenvalue weighted by atomic mass is 9.95. The third-order valence-electron chi connectivity index (χ3n) is 4.69. The maximum atomic E-state index is 12.6. The number of nitrogens with one attached hydrogen (secondary N) is 2. The van der Waals surface area contributed by atoms with Gasteiger partial charge in [-0.3, -0.25) is 9.52 Å². The number of hydrogen-bond acceptors (Lipinski definition) is 4. The van der Waals surface area contributed by atoms with Crippen molar-refractivity contribution in [2.45, 2.75) is 38.6 Å². The first-order valence-corrected chi connectivity index (χ1v) is 10.3. The number of sulfonamides is 1. The molecule has 0 radical (unpaired) electrons. The van der Waals surface area contributed by atoms with E-state index < -0.39 is 10.0 Å². The van der Waals surface area contributed by atoms with Crippen molar-refractivity contribution in [3.63, 3.8) is 0 Å². The van der Waals surface area contributed by atoms with Crippen LogP contribution in [-0.2, 0) is 14.8 Å². The minimum atomic E-state index is -3.39. The first-order chi connectivity index (χ1) is 11.3. The molecule has 24 heavy (non-hydrogen) atoms. The molecule has 7 heteroatoms. The summed E-state index contributed by atoms with van der Waals surface area (Å²) in [5.41, 5.74) is 1.90. The summed E-state index contributed by atoms with van der Waals surface area (Å²) in [5, 5.41) is 2.92. The third kappa shape index (κ3) is 4.48. The van der Waals surface area contributed by atoms with Crippen LogP contribution in [0.4, 0.5) is 11.4 Å². The van der Waals surface area contributed by atoms with Gasteiger partial charge in [0.2, 0.25) is 15.9 Å². The first kappa shape index (κ1) is 17.2. The molecular formula is C17H25N3O3S. The molecule has 0 atom stereocenters. The van der Waals surface area contributed by atoms with Gasteiger partial charge in [0.05, 0.1) is 17.6 Å². The first-order valence-electron chi connectivity index (χ1n) is 8.45. The van der Waals surface area contributed by atoms with E-state index in [2.05, 4.69) is 14.9 Å². The quantitative estimate of drug-likeness (QED) is 0.852. The van der Waals surface area contributed by atoms with E-state index >= 15 is 0 Å². The molecule has 1 aromatic carbocycles. The minimum Gasteiger partial charge on any atom is -0.324 e. The van der Waals surface area contributed by atoms with Gasteiger partial charge in [0.15, 0.2) is 0 Å². The van der Waals surface area contributed by atoms with Crippen molar-refractivity contribution in [1.82, 2.24) is 4.90 Å². The van der Waals surface area contributed by atoms with E-state index in [1.54, 1.807) is 12.1 Å². The molecule has 2 fully saturated rings. The Kier molecular flexibility index (Phi) is 4.83. The Morgan fingerprint density at radius 1 is 1.12 bits per heavy atom. The Hall–Kier alpha value is -1.60. The Morgan fingerprint density at radius 3 is 2.38 bits per heavy atom. The van der Waals surface area contributed by atoms with Gasteiger partial charge in [-0.05, 0) is 63.4 Å². The zero-order valence-corrected chi connectivity index (χ0v) is 15.0. The van der Waals surface area contributed by atoms with Crippen LogP contribution >= 0.6 is 0 Å². The standard InChI is InChI=1S/C17H25N3O3S/c1-12-3-6-15(19-24(2,22)23)16(11-12)18-17(21)13-7-9-20(10-8-13)14-4-5-14/h3,6,11,13-14,19H,4-5,7-10H2,1-2H3,(H,18,21). The van der Waals surface area contributed by atoms with Crippen molar-refractivity contribution in [3.8, 4) is 0 Å². The molecule has 3 rings (SSSR count). The molecule has 1 aliphatic carbocycles. The summed E-state index contributed by atoms with van der Waals surface area (Å²) in [7, 11) is -3.39. The van der Waals surface area contributed by atoms with Gasteiger partial charge in [-0.15, -0.1) is 0 Å². The van der Waals surface area contributed by atoms with Crippen molar-refractivity contribution < 1.29 is 13.2 Å². The van der Waals surface area contributed by atoms with E-state index in [0.29, 0.717) is 11.4 Å². The van der Waals surface area contributed by atoms with Crippen LogP contribution < -0.4 is 10.0 Å². The summed E-state index contributed by atoms with van der Waals surface area (Å²) >= 11 is 0. The predicted octanol–water partition coefficient (Wildman–Crippen LogP) is 2.18. The summed E-state index contributed by atoms with van der Waals surface area (Å²) < 4.78 is 25.5. The largest absolute Gasteiger partial charge is 0.324 e. The maximum absolute atomic E-state index is 12.6. The Bertz CT molecular complexity index is 721. The molecule has 1 aromatic rings. The van der Waals surface area contributed by atoms with E-state index in [1.165, 1.54) is 12.8 Å². The second kappa shape index (κ2) is 6.72. The van der Waals surface area contributed by atoms with Gasteiger partial charge in [-0.2, -0.15) is 0 Å². The second-order valence-corrected chi connectivity index (χ2v) is 8.70. The lowest BCUT2D eigenvalue weighted by Crippen LogP contribution is -2.39. The van der Waals surface area contributed by atoms with Crippen molar-refractivity contribution in [1.29, 1.82) is 0 Å². The SMILES string of the molecule is Cc1ccc(NS(C)(=O)=O)c(NC(=O)C2CCN(C3CC3)CC2)c1. The monoisotopic (exact) mass is 351 g/mol. The number of aryl methyl sites for hydroxylation is 1. The Balaban J connectivity index is 1.66. The number of nitrogens with zero attached hydrogens (tertiary/aromatic N) is 1. The number of piperidine rings is 1. The van der Waals surface area contributed by atoms with Crippen LogP contribution in [0, 0.1) is 12.8 Å². The molecule has 0 unspecified atom stereocenters. The van der Waals surface area contributed by atoms with Crippen molar-refractivity contribution >= 4 is 27.3 Å². The van der Waals surface area contributed by atoms with Crippen LogP contribution in [0.1, 0.15) is 31.2 Å². The average Bonchev–Trinajstić information content (AvgIpc) is 3.34. The summed E-state index contributed by atoms with van der Waals surface area (Å²) in [6.07, 6.45) is 5.42. The van der Waals surface area contributed by atoms with Crippen LogP contribution in [0.3, 0.4) is 0 Å². The maximum Gasteiger partial charge on any atom is 0.229 e. The van der Waals surface area contributed by atoms with E-state index in [4.69, 9.17) is 0 Å². The molecule has 1 saturated carbocycles. The molecule has 6 nitrogen and oxygen atoms in total. The number of carbonyl (C=O) groups is 1. The van der Waals surface area contributed by atoms with Gasteiger partial charge in [-0.25, -0.2) is 8.42 Å². The number of benzene rings is 1. The van der Waals surface area contributed by atoms with Crippen molar-refractivity contribution in [2.75, 3.05) is 29.4 Å². The van der Waals surface area contributed by atoms with Gasteiger partial charge in [-0.1, -0.05) is 6.07 Å². The van der Waals surface area contributed by atoms with E-state index in [9.17, 15) is 13.2 Å². The van der Waals surface area contributed by atoms with Gasteiger partial charge < -0.3 is 10.2 Å². The number of anilines is 2. The minimum absolute atomic E-state index is 0.00778. The highest BCUT2D eigenvalue weighted by Gasteiger charge is 2.33.